The molecule has 1 aromatic heterocycles. The first-order valence-electron chi connectivity index (χ1n) is 8.20. The zero-order valence-corrected chi connectivity index (χ0v) is 14.7. The van der Waals surface area contributed by atoms with Crippen molar-refractivity contribution in [2.75, 3.05) is 0 Å². The van der Waals surface area contributed by atoms with Gasteiger partial charge in [-0.25, -0.2) is 4.98 Å². The highest BCUT2D eigenvalue weighted by atomic mass is 15.2. The van der Waals surface area contributed by atoms with Crippen molar-refractivity contribution < 1.29 is 0 Å². The Balaban J connectivity index is 1.83. The SMILES string of the molecule is Cc1ccc([C@H](N)c2nc(-c3ccc(C(C)(C)C)cc3)n[nH]2)cc1. The number of nitrogens with two attached hydrogens (primary N) is 1. The molecule has 4 nitrogen and oxygen atoms in total. The van der Waals surface area contributed by atoms with Crippen molar-refractivity contribution in [1.82, 2.24) is 15.2 Å². The largest absolute Gasteiger partial charge is 0.318 e. The summed E-state index contributed by atoms with van der Waals surface area (Å²) >= 11 is 0. The second-order valence-electron chi connectivity index (χ2n) is 7.26. The summed E-state index contributed by atoms with van der Waals surface area (Å²) in [6.07, 6.45) is 0. The maximum atomic E-state index is 6.31. The zero-order valence-electron chi connectivity index (χ0n) is 14.7. The predicted molar refractivity (Wildman–Crippen MR) is 97.7 cm³/mol. The minimum Gasteiger partial charge on any atom is -0.318 e. The molecule has 3 aromatic rings. The molecular formula is C20H24N4. The van der Waals surface area contributed by atoms with E-state index in [0.717, 1.165) is 11.1 Å². The molecule has 3 N–H and O–H groups in total. The molecule has 0 aliphatic heterocycles. The van der Waals surface area contributed by atoms with Gasteiger partial charge in [-0.15, -0.1) is 0 Å². The van der Waals surface area contributed by atoms with E-state index in [4.69, 9.17) is 5.73 Å². The number of aryl methyl sites for hydroxylation is 1. The average Bonchev–Trinajstić information content (AvgIpc) is 3.04. The van der Waals surface area contributed by atoms with E-state index in [1.165, 1.54) is 11.1 Å². The van der Waals surface area contributed by atoms with Gasteiger partial charge in [0.15, 0.2) is 5.82 Å². The van der Waals surface area contributed by atoms with Crippen LogP contribution in [0.3, 0.4) is 0 Å². The first kappa shape index (κ1) is 16.4. The Morgan fingerprint density at radius 2 is 1.58 bits per heavy atom. The molecule has 0 fully saturated rings. The van der Waals surface area contributed by atoms with E-state index in [2.05, 4.69) is 79.3 Å². The van der Waals surface area contributed by atoms with Crippen LogP contribution in [0.5, 0.6) is 0 Å². The monoisotopic (exact) mass is 320 g/mol. The van der Waals surface area contributed by atoms with Crippen LogP contribution < -0.4 is 5.73 Å². The van der Waals surface area contributed by atoms with Gasteiger partial charge in [0, 0.05) is 5.56 Å². The maximum absolute atomic E-state index is 6.31. The van der Waals surface area contributed by atoms with Gasteiger partial charge in [-0.3, -0.25) is 5.10 Å². The lowest BCUT2D eigenvalue weighted by molar-refractivity contribution is 0.590. The fraction of sp³-hybridized carbons (Fsp3) is 0.300. The van der Waals surface area contributed by atoms with Gasteiger partial charge in [-0.2, -0.15) is 5.10 Å². The van der Waals surface area contributed by atoms with Crippen molar-refractivity contribution in [2.24, 2.45) is 5.73 Å². The fourth-order valence-electron chi connectivity index (χ4n) is 2.59. The number of hydrogen-bond donors (Lipinski definition) is 2. The lowest BCUT2D eigenvalue weighted by atomic mass is 9.87. The Morgan fingerprint density at radius 1 is 0.958 bits per heavy atom. The first-order chi connectivity index (χ1) is 11.3. The molecule has 124 valence electrons. The Labute approximate surface area is 143 Å². The van der Waals surface area contributed by atoms with Crippen molar-refractivity contribution in [2.45, 2.75) is 39.2 Å². The second kappa shape index (κ2) is 6.21. The van der Waals surface area contributed by atoms with Crippen LogP contribution in [-0.2, 0) is 5.41 Å². The number of aromatic amines is 1. The Kier molecular flexibility index (Phi) is 4.24. The van der Waals surface area contributed by atoms with Crippen LogP contribution in [0.2, 0.25) is 0 Å². The third kappa shape index (κ3) is 3.39. The summed E-state index contributed by atoms with van der Waals surface area (Å²) in [6, 6.07) is 16.2. The summed E-state index contributed by atoms with van der Waals surface area (Å²) in [5.74, 6) is 1.35. The molecule has 0 saturated heterocycles. The zero-order chi connectivity index (χ0) is 17.3. The van der Waals surface area contributed by atoms with Gasteiger partial charge in [0.25, 0.3) is 0 Å². The molecule has 4 heteroatoms. The maximum Gasteiger partial charge on any atom is 0.181 e. The van der Waals surface area contributed by atoms with E-state index >= 15 is 0 Å². The van der Waals surface area contributed by atoms with Crippen LogP contribution in [0.15, 0.2) is 48.5 Å². The second-order valence-corrected chi connectivity index (χ2v) is 7.26. The minimum atomic E-state index is -0.305. The Morgan fingerprint density at radius 3 is 2.17 bits per heavy atom. The molecule has 0 amide bonds. The standard InChI is InChI=1S/C20H24N4/c1-13-5-7-14(8-6-13)17(21)19-22-18(23-24-19)15-9-11-16(12-10-15)20(2,3)4/h5-12,17H,21H2,1-4H3,(H,22,23,24)/t17-/m0/s1. The molecule has 0 bridgehead atoms. The van der Waals surface area contributed by atoms with Crippen LogP contribution in [0.4, 0.5) is 0 Å². The van der Waals surface area contributed by atoms with Crippen LogP contribution in [0.1, 0.15) is 49.3 Å². The molecule has 0 spiro atoms. The van der Waals surface area contributed by atoms with Crippen LogP contribution in [-0.4, -0.2) is 15.2 Å². The molecule has 0 saturated carbocycles. The van der Waals surface area contributed by atoms with Gasteiger partial charge in [-0.05, 0) is 23.5 Å². The number of hydrogen-bond acceptors (Lipinski definition) is 3. The van der Waals surface area contributed by atoms with E-state index in [9.17, 15) is 0 Å². The van der Waals surface area contributed by atoms with E-state index in [0.29, 0.717) is 11.6 Å². The average molecular weight is 320 g/mol. The number of H-pyrrole nitrogens is 1. The van der Waals surface area contributed by atoms with E-state index < -0.39 is 0 Å². The summed E-state index contributed by atoms with van der Waals surface area (Å²) in [6.45, 7) is 8.66. The quantitative estimate of drug-likeness (QED) is 0.762. The molecule has 0 radical (unpaired) electrons. The molecule has 24 heavy (non-hydrogen) atoms. The number of aromatic nitrogens is 3. The summed E-state index contributed by atoms with van der Waals surface area (Å²) in [5.41, 5.74) is 10.9. The van der Waals surface area contributed by atoms with Crippen LogP contribution >= 0.6 is 0 Å². The predicted octanol–water partition coefficient (Wildman–Crippen LogP) is 4.13. The molecular weight excluding hydrogens is 296 g/mol. The molecule has 2 aromatic carbocycles. The van der Waals surface area contributed by atoms with Gasteiger partial charge in [0.1, 0.15) is 5.82 Å². The van der Waals surface area contributed by atoms with Gasteiger partial charge >= 0.3 is 0 Å². The fourth-order valence-corrected chi connectivity index (χ4v) is 2.59. The third-order valence-corrected chi connectivity index (χ3v) is 4.24. The van der Waals surface area contributed by atoms with Gasteiger partial charge in [-0.1, -0.05) is 74.9 Å². The van der Waals surface area contributed by atoms with Crippen molar-refractivity contribution in [3.63, 3.8) is 0 Å². The van der Waals surface area contributed by atoms with E-state index in [1.54, 1.807) is 0 Å². The smallest absolute Gasteiger partial charge is 0.181 e. The van der Waals surface area contributed by atoms with Crippen molar-refractivity contribution in [3.05, 3.63) is 71.0 Å². The normalized spacial score (nSPS) is 13.0. The third-order valence-electron chi connectivity index (χ3n) is 4.24. The topological polar surface area (TPSA) is 67.6 Å². The Bertz CT molecular complexity index is 808. The van der Waals surface area contributed by atoms with E-state index in [-0.39, 0.29) is 11.5 Å². The van der Waals surface area contributed by atoms with Crippen molar-refractivity contribution in [1.29, 1.82) is 0 Å². The molecule has 1 atom stereocenters. The first-order valence-corrected chi connectivity index (χ1v) is 8.20. The lowest BCUT2D eigenvalue weighted by Gasteiger charge is -2.18. The van der Waals surface area contributed by atoms with Crippen molar-refractivity contribution in [3.8, 4) is 11.4 Å². The van der Waals surface area contributed by atoms with E-state index in [1.807, 2.05) is 12.1 Å². The van der Waals surface area contributed by atoms with Gasteiger partial charge in [0.2, 0.25) is 0 Å². The number of rotatable bonds is 3. The highest BCUT2D eigenvalue weighted by Crippen LogP contribution is 2.25. The van der Waals surface area contributed by atoms with Gasteiger partial charge in [0.05, 0.1) is 6.04 Å². The summed E-state index contributed by atoms with van der Waals surface area (Å²) in [5, 5.41) is 7.30. The number of nitrogens with one attached hydrogen (secondary N) is 1. The highest BCUT2D eigenvalue weighted by Gasteiger charge is 2.16. The number of nitrogens with zero attached hydrogens (tertiary/aromatic N) is 2. The summed E-state index contributed by atoms with van der Waals surface area (Å²) in [7, 11) is 0. The molecule has 0 unspecified atom stereocenters. The molecule has 0 aliphatic rings. The summed E-state index contributed by atoms with van der Waals surface area (Å²) in [4.78, 5) is 4.58. The Hall–Kier alpha value is -2.46. The molecule has 0 aliphatic carbocycles. The summed E-state index contributed by atoms with van der Waals surface area (Å²) < 4.78 is 0. The van der Waals surface area contributed by atoms with Gasteiger partial charge < -0.3 is 5.73 Å². The molecule has 3 rings (SSSR count). The van der Waals surface area contributed by atoms with Crippen molar-refractivity contribution >= 4 is 0 Å². The van der Waals surface area contributed by atoms with Crippen LogP contribution in [0.25, 0.3) is 11.4 Å². The number of benzene rings is 2. The van der Waals surface area contributed by atoms with Crippen LogP contribution in [0, 0.1) is 6.92 Å². The minimum absolute atomic E-state index is 0.135. The highest BCUT2D eigenvalue weighted by molar-refractivity contribution is 5.55. The lowest BCUT2D eigenvalue weighted by Crippen LogP contribution is -2.13. The molecule has 1 heterocycles.